The minimum absolute atomic E-state index is 0.0376. The molecule has 0 aliphatic heterocycles. The molecule has 0 aliphatic carbocycles. The highest BCUT2D eigenvalue weighted by Gasteiger charge is 2.08. The minimum atomic E-state index is 0.0376. The van der Waals surface area contributed by atoms with E-state index in [-0.39, 0.29) is 5.91 Å². The summed E-state index contributed by atoms with van der Waals surface area (Å²) in [4.78, 5) is 11.6. The topological polar surface area (TPSA) is 29.1 Å². The average Bonchev–Trinajstić information content (AvgIpc) is 2.62. The summed E-state index contributed by atoms with van der Waals surface area (Å²) < 4.78 is 1.14. The van der Waals surface area contributed by atoms with Crippen LogP contribution in [0.2, 0.25) is 0 Å². The largest absolute Gasteiger partial charge is 0.352 e. The first-order valence-electron chi connectivity index (χ1n) is 4.71. The molecule has 2 nitrogen and oxygen atoms in total. The lowest BCUT2D eigenvalue weighted by atomic mass is 10.1. The quantitative estimate of drug-likeness (QED) is 0.593. The van der Waals surface area contributed by atoms with Gasteiger partial charge in [-0.1, -0.05) is 22.9 Å². The van der Waals surface area contributed by atoms with Crippen molar-refractivity contribution in [3.8, 4) is 0 Å². The molecular formula is C10H13BrINOS. The second kappa shape index (κ2) is 6.85. The highest BCUT2D eigenvalue weighted by molar-refractivity contribution is 14.1. The van der Waals surface area contributed by atoms with Crippen molar-refractivity contribution in [1.29, 1.82) is 0 Å². The predicted octanol–water partition coefficient (Wildman–Crippen LogP) is 3.50. The van der Waals surface area contributed by atoms with Crippen molar-refractivity contribution in [2.24, 2.45) is 5.92 Å². The molecule has 1 N–H and O–H groups in total. The normalized spacial score (nSPS) is 12.5. The van der Waals surface area contributed by atoms with Crippen LogP contribution in [0.15, 0.2) is 11.4 Å². The van der Waals surface area contributed by atoms with Crippen LogP contribution in [-0.4, -0.2) is 17.8 Å². The third-order valence-corrected chi connectivity index (χ3v) is 4.29. The van der Waals surface area contributed by atoms with Crippen LogP contribution >= 0.6 is 49.9 Å². The lowest BCUT2D eigenvalue weighted by Gasteiger charge is -2.10. The van der Waals surface area contributed by atoms with Crippen molar-refractivity contribution in [1.82, 2.24) is 5.32 Å². The van der Waals surface area contributed by atoms with Crippen molar-refractivity contribution >= 4 is 55.8 Å². The third-order valence-electron chi connectivity index (χ3n) is 2.04. The van der Waals surface area contributed by atoms with Crippen LogP contribution in [-0.2, 0) is 0 Å². The van der Waals surface area contributed by atoms with Crippen LogP contribution < -0.4 is 5.32 Å². The monoisotopic (exact) mass is 401 g/mol. The van der Waals surface area contributed by atoms with Gasteiger partial charge in [0.2, 0.25) is 0 Å². The highest BCUT2D eigenvalue weighted by Crippen LogP contribution is 2.16. The molecular weight excluding hydrogens is 389 g/mol. The molecule has 1 aromatic rings. The Morgan fingerprint density at radius 2 is 2.47 bits per heavy atom. The van der Waals surface area contributed by atoms with Gasteiger partial charge in [-0.15, -0.1) is 11.3 Å². The molecule has 15 heavy (non-hydrogen) atoms. The van der Waals surface area contributed by atoms with Crippen LogP contribution in [0.25, 0.3) is 0 Å². The van der Waals surface area contributed by atoms with E-state index in [0.29, 0.717) is 5.92 Å². The lowest BCUT2D eigenvalue weighted by Crippen LogP contribution is -2.28. The summed E-state index contributed by atoms with van der Waals surface area (Å²) in [5.74, 6) is 0.557. The molecule has 0 spiro atoms. The zero-order valence-corrected chi connectivity index (χ0v) is 13.0. The summed E-state index contributed by atoms with van der Waals surface area (Å²) in [5, 5.41) is 5.82. The average molecular weight is 402 g/mol. The van der Waals surface area contributed by atoms with Crippen LogP contribution in [0.4, 0.5) is 0 Å². The van der Waals surface area contributed by atoms with Gasteiger partial charge < -0.3 is 5.32 Å². The van der Waals surface area contributed by atoms with Crippen molar-refractivity contribution in [2.45, 2.75) is 13.3 Å². The molecule has 0 saturated heterocycles. The fraction of sp³-hybridized carbons (Fsp3) is 0.500. The molecule has 1 rings (SSSR count). The Hall–Kier alpha value is 0.380. The minimum Gasteiger partial charge on any atom is -0.352 e. The van der Waals surface area contributed by atoms with Gasteiger partial charge in [0.1, 0.15) is 0 Å². The van der Waals surface area contributed by atoms with Gasteiger partial charge in [0.05, 0.1) is 8.45 Å². The Balaban J connectivity index is 2.36. The number of carbonyl (C=O) groups is 1. The number of carbonyl (C=O) groups excluding carboxylic acids is 1. The molecule has 0 bridgehead atoms. The van der Waals surface area contributed by atoms with Crippen LogP contribution in [0, 0.1) is 8.80 Å². The molecule has 0 saturated carbocycles. The molecule has 1 aromatic heterocycles. The lowest BCUT2D eigenvalue weighted by molar-refractivity contribution is 0.0948. The SMILES string of the molecule is CC(CCBr)CNC(=O)c1csc(I)c1. The Labute approximate surface area is 116 Å². The Morgan fingerprint density at radius 3 is 3.00 bits per heavy atom. The van der Waals surface area contributed by atoms with Crippen molar-refractivity contribution in [3.63, 3.8) is 0 Å². The van der Waals surface area contributed by atoms with Gasteiger partial charge in [-0.05, 0) is 41.0 Å². The smallest absolute Gasteiger partial charge is 0.252 e. The molecule has 1 atom stereocenters. The first-order valence-corrected chi connectivity index (χ1v) is 7.79. The number of nitrogens with one attached hydrogen (secondary N) is 1. The zero-order valence-electron chi connectivity index (χ0n) is 8.43. The molecule has 84 valence electrons. The van der Waals surface area contributed by atoms with E-state index in [2.05, 4.69) is 50.8 Å². The Kier molecular flexibility index (Phi) is 6.14. The molecule has 5 heteroatoms. The van der Waals surface area contributed by atoms with Crippen LogP contribution in [0.5, 0.6) is 0 Å². The number of halogens is 2. The van der Waals surface area contributed by atoms with Gasteiger partial charge in [0, 0.05) is 17.3 Å². The number of hydrogen-bond acceptors (Lipinski definition) is 2. The number of amides is 1. The van der Waals surface area contributed by atoms with E-state index < -0.39 is 0 Å². The van der Waals surface area contributed by atoms with E-state index in [4.69, 9.17) is 0 Å². The maximum absolute atomic E-state index is 11.6. The van der Waals surface area contributed by atoms with E-state index in [0.717, 1.165) is 26.7 Å². The van der Waals surface area contributed by atoms with E-state index in [9.17, 15) is 4.79 Å². The summed E-state index contributed by atoms with van der Waals surface area (Å²) >= 11 is 7.21. The zero-order chi connectivity index (χ0) is 11.3. The van der Waals surface area contributed by atoms with Crippen molar-refractivity contribution in [3.05, 3.63) is 19.9 Å². The first kappa shape index (κ1) is 13.4. The highest BCUT2D eigenvalue weighted by atomic mass is 127. The van der Waals surface area contributed by atoms with Gasteiger partial charge in [0.25, 0.3) is 5.91 Å². The van der Waals surface area contributed by atoms with Gasteiger partial charge in [-0.3, -0.25) is 4.79 Å². The summed E-state index contributed by atoms with van der Waals surface area (Å²) in [7, 11) is 0. The number of hydrogen-bond donors (Lipinski definition) is 1. The van der Waals surface area contributed by atoms with Gasteiger partial charge in [-0.2, -0.15) is 0 Å². The molecule has 0 radical (unpaired) electrons. The fourth-order valence-corrected chi connectivity index (χ4v) is 3.19. The molecule has 1 unspecified atom stereocenters. The summed E-state index contributed by atoms with van der Waals surface area (Å²) in [6.07, 6.45) is 1.08. The van der Waals surface area contributed by atoms with Gasteiger partial charge in [0.15, 0.2) is 0 Å². The first-order chi connectivity index (χ1) is 7.13. The van der Waals surface area contributed by atoms with E-state index in [1.807, 2.05) is 11.4 Å². The van der Waals surface area contributed by atoms with E-state index in [1.54, 1.807) is 11.3 Å². The maximum Gasteiger partial charge on any atom is 0.252 e. The Bertz CT molecular complexity index is 329. The van der Waals surface area contributed by atoms with Gasteiger partial charge >= 0.3 is 0 Å². The summed E-state index contributed by atoms with van der Waals surface area (Å²) in [6, 6.07) is 1.91. The van der Waals surface area contributed by atoms with Gasteiger partial charge in [-0.25, -0.2) is 0 Å². The van der Waals surface area contributed by atoms with E-state index >= 15 is 0 Å². The molecule has 1 amide bonds. The molecule has 0 aromatic carbocycles. The standard InChI is InChI=1S/C10H13BrINOS/c1-7(2-3-11)5-13-10(14)8-4-9(12)15-6-8/h4,6-7H,2-3,5H2,1H3,(H,13,14). The number of thiophene rings is 1. The third kappa shape index (κ3) is 4.82. The van der Waals surface area contributed by atoms with Crippen LogP contribution in [0.3, 0.4) is 0 Å². The van der Waals surface area contributed by atoms with Crippen molar-refractivity contribution in [2.75, 3.05) is 11.9 Å². The summed E-state index contributed by atoms with van der Waals surface area (Å²) in [6.45, 7) is 2.88. The van der Waals surface area contributed by atoms with E-state index in [1.165, 1.54) is 0 Å². The van der Waals surface area contributed by atoms with Crippen molar-refractivity contribution < 1.29 is 4.79 Å². The second-order valence-corrected chi connectivity index (χ2v) is 7.03. The second-order valence-electron chi connectivity index (χ2n) is 3.43. The van der Waals surface area contributed by atoms with Crippen LogP contribution in [0.1, 0.15) is 23.7 Å². The number of rotatable bonds is 5. The predicted molar refractivity (Wildman–Crippen MR) is 76.9 cm³/mol. The molecule has 0 aliphatic rings. The number of alkyl halides is 1. The maximum atomic E-state index is 11.6. The molecule has 1 heterocycles. The summed E-state index contributed by atoms with van der Waals surface area (Å²) in [5.41, 5.74) is 0.774. The molecule has 0 fully saturated rings. The fourth-order valence-electron chi connectivity index (χ4n) is 1.09. The Morgan fingerprint density at radius 1 is 1.73 bits per heavy atom.